The third-order valence-corrected chi connectivity index (χ3v) is 4.47. The van der Waals surface area contributed by atoms with Crippen molar-refractivity contribution in [3.05, 3.63) is 69.8 Å². The third kappa shape index (κ3) is 4.74. The molecule has 1 heterocycles. The summed E-state index contributed by atoms with van der Waals surface area (Å²) in [7, 11) is 0. The van der Waals surface area contributed by atoms with Gasteiger partial charge in [0.2, 0.25) is 0 Å². The molecule has 0 aliphatic rings. The average Bonchev–Trinajstić information content (AvgIpc) is 2.66. The van der Waals surface area contributed by atoms with E-state index in [2.05, 4.69) is 10.3 Å². The maximum absolute atomic E-state index is 14.4. The molecule has 0 radical (unpaired) electrons. The second-order valence-electron chi connectivity index (χ2n) is 8.10. The molecule has 0 unspecified atom stereocenters. The fourth-order valence-corrected chi connectivity index (χ4v) is 3.18. The van der Waals surface area contributed by atoms with E-state index in [1.165, 1.54) is 0 Å². The molecule has 1 N–H and O–H groups in total. The quantitative estimate of drug-likeness (QED) is 0.572. The summed E-state index contributed by atoms with van der Waals surface area (Å²) in [6.45, 7) is 6.57. The van der Waals surface area contributed by atoms with Crippen molar-refractivity contribution < 1.29 is 27.1 Å². The standard InChI is InChI=1S/C22H21F4N3O3/c1-5-16(27-21(31)32-22(2,3)4)19-28-18-15(26)7-6-14(25)17(18)20(30)29(19)13-9-11(23)8-12(24)10-13/h6-10,16H,5H2,1-4H3,(H,27,31)/t16-/m0/s1. The molecule has 0 bridgehead atoms. The largest absolute Gasteiger partial charge is 0.444 e. The Morgan fingerprint density at radius 1 is 1.09 bits per heavy atom. The Morgan fingerprint density at radius 2 is 1.69 bits per heavy atom. The molecule has 0 aliphatic heterocycles. The first kappa shape index (κ1) is 23.2. The fraction of sp³-hybridized carbons (Fsp3) is 0.318. The SMILES string of the molecule is CC[C@H](NC(=O)OC(C)(C)C)c1nc2c(F)ccc(F)c2c(=O)n1-c1cc(F)cc(F)c1. The summed E-state index contributed by atoms with van der Waals surface area (Å²) in [5.74, 6) is -4.25. The Balaban J connectivity index is 2.31. The Kier molecular flexibility index (Phi) is 6.25. The van der Waals surface area contributed by atoms with Gasteiger partial charge in [-0.1, -0.05) is 6.92 Å². The van der Waals surface area contributed by atoms with Crippen molar-refractivity contribution in [2.24, 2.45) is 0 Å². The lowest BCUT2D eigenvalue weighted by atomic mass is 10.1. The molecule has 6 nitrogen and oxygen atoms in total. The van der Waals surface area contributed by atoms with E-state index in [1.807, 2.05) is 0 Å². The Hall–Kier alpha value is -3.43. The maximum Gasteiger partial charge on any atom is 0.408 e. The number of alkyl carbamates (subject to hydrolysis) is 1. The number of nitrogens with zero attached hydrogens (tertiary/aromatic N) is 2. The van der Waals surface area contributed by atoms with Crippen LogP contribution in [0.15, 0.2) is 35.1 Å². The van der Waals surface area contributed by atoms with Crippen molar-refractivity contribution in [3.63, 3.8) is 0 Å². The summed E-state index contributed by atoms with van der Waals surface area (Å²) in [4.78, 5) is 29.6. The van der Waals surface area contributed by atoms with Crippen LogP contribution in [0.25, 0.3) is 16.6 Å². The number of hydrogen-bond donors (Lipinski definition) is 1. The molecule has 32 heavy (non-hydrogen) atoms. The minimum atomic E-state index is -1.09. The van der Waals surface area contributed by atoms with Gasteiger partial charge in [0.25, 0.3) is 5.56 Å². The Labute approximate surface area is 180 Å². The lowest BCUT2D eigenvalue weighted by Crippen LogP contribution is -2.38. The molecule has 0 saturated heterocycles. The van der Waals surface area contributed by atoms with Crippen LogP contribution in [0.1, 0.15) is 46.0 Å². The van der Waals surface area contributed by atoms with E-state index in [9.17, 15) is 27.2 Å². The van der Waals surface area contributed by atoms with Crippen LogP contribution in [0, 0.1) is 23.3 Å². The maximum atomic E-state index is 14.4. The summed E-state index contributed by atoms with van der Waals surface area (Å²) in [5.41, 5.74) is -2.79. The first-order valence-electron chi connectivity index (χ1n) is 9.78. The average molecular weight is 451 g/mol. The summed E-state index contributed by atoms with van der Waals surface area (Å²) in [5, 5.41) is 1.83. The number of halogens is 4. The zero-order valence-corrected chi connectivity index (χ0v) is 17.8. The fourth-order valence-electron chi connectivity index (χ4n) is 3.18. The highest BCUT2D eigenvalue weighted by atomic mass is 19.1. The van der Waals surface area contributed by atoms with Crippen LogP contribution >= 0.6 is 0 Å². The van der Waals surface area contributed by atoms with E-state index in [-0.39, 0.29) is 17.9 Å². The van der Waals surface area contributed by atoms with Gasteiger partial charge in [0.1, 0.15) is 45.6 Å². The van der Waals surface area contributed by atoms with Gasteiger partial charge >= 0.3 is 6.09 Å². The molecule has 3 aromatic rings. The molecular formula is C22H21F4N3O3. The number of amides is 1. The highest BCUT2D eigenvalue weighted by Crippen LogP contribution is 2.24. The lowest BCUT2D eigenvalue weighted by molar-refractivity contribution is 0.0499. The highest BCUT2D eigenvalue weighted by Gasteiger charge is 2.26. The van der Waals surface area contributed by atoms with Gasteiger partial charge in [-0.05, 0) is 51.5 Å². The molecule has 0 spiro atoms. The first-order chi connectivity index (χ1) is 14.9. The smallest absolute Gasteiger partial charge is 0.408 e. The van der Waals surface area contributed by atoms with E-state index < -0.39 is 57.5 Å². The zero-order valence-electron chi connectivity index (χ0n) is 17.8. The van der Waals surface area contributed by atoms with Crippen molar-refractivity contribution in [1.29, 1.82) is 0 Å². The topological polar surface area (TPSA) is 73.2 Å². The second kappa shape index (κ2) is 8.60. The summed E-state index contributed by atoms with van der Waals surface area (Å²) < 4.78 is 62.7. The summed E-state index contributed by atoms with van der Waals surface area (Å²) in [6.07, 6.45) is -0.707. The van der Waals surface area contributed by atoms with E-state index in [4.69, 9.17) is 4.74 Å². The molecular weight excluding hydrogens is 430 g/mol. The van der Waals surface area contributed by atoms with Gasteiger partial charge < -0.3 is 10.1 Å². The van der Waals surface area contributed by atoms with Gasteiger partial charge in [-0.15, -0.1) is 0 Å². The first-order valence-corrected chi connectivity index (χ1v) is 9.78. The van der Waals surface area contributed by atoms with Crippen molar-refractivity contribution in [2.75, 3.05) is 0 Å². The Bertz CT molecular complexity index is 1230. The molecule has 0 fully saturated rings. The number of hydrogen-bond acceptors (Lipinski definition) is 4. The van der Waals surface area contributed by atoms with Crippen molar-refractivity contribution in [1.82, 2.24) is 14.9 Å². The normalized spacial score (nSPS) is 12.6. The van der Waals surface area contributed by atoms with Crippen LogP contribution in [-0.2, 0) is 4.74 Å². The molecule has 1 amide bonds. The van der Waals surface area contributed by atoms with Crippen LogP contribution in [0.5, 0.6) is 0 Å². The number of fused-ring (bicyclic) bond motifs is 1. The predicted octanol–water partition coefficient (Wildman–Crippen LogP) is 4.92. The minimum Gasteiger partial charge on any atom is -0.444 e. The van der Waals surface area contributed by atoms with Gasteiger partial charge in [0.05, 0.1) is 11.7 Å². The number of aromatic nitrogens is 2. The van der Waals surface area contributed by atoms with Crippen LogP contribution in [-0.4, -0.2) is 21.2 Å². The van der Waals surface area contributed by atoms with E-state index in [1.54, 1.807) is 27.7 Å². The molecule has 10 heteroatoms. The Morgan fingerprint density at radius 3 is 2.25 bits per heavy atom. The minimum absolute atomic E-state index is 0.145. The lowest BCUT2D eigenvalue weighted by Gasteiger charge is -2.25. The van der Waals surface area contributed by atoms with Crippen molar-refractivity contribution in [2.45, 2.75) is 45.8 Å². The number of carbonyl (C=O) groups excluding carboxylic acids is 1. The second-order valence-corrected chi connectivity index (χ2v) is 8.10. The van der Waals surface area contributed by atoms with Crippen molar-refractivity contribution >= 4 is 17.0 Å². The highest BCUT2D eigenvalue weighted by molar-refractivity contribution is 5.79. The van der Waals surface area contributed by atoms with Gasteiger partial charge in [0, 0.05) is 6.07 Å². The molecule has 3 rings (SSSR count). The van der Waals surface area contributed by atoms with Gasteiger partial charge in [-0.2, -0.15) is 0 Å². The zero-order chi connectivity index (χ0) is 23.8. The molecule has 1 atom stereocenters. The molecule has 0 aliphatic carbocycles. The van der Waals surface area contributed by atoms with Crippen LogP contribution in [0.3, 0.4) is 0 Å². The van der Waals surface area contributed by atoms with Gasteiger partial charge in [0.15, 0.2) is 0 Å². The summed E-state index contributed by atoms with van der Waals surface area (Å²) >= 11 is 0. The monoisotopic (exact) mass is 451 g/mol. The molecule has 170 valence electrons. The number of benzene rings is 2. The van der Waals surface area contributed by atoms with Gasteiger partial charge in [-0.25, -0.2) is 27.3 Å². The summed E-state index contributed by atoms with van der Waals surface area (Å²) in [6, 6.07) is 2.82. The van der Waals surface area contributed by atoms with Gasteiger partial charge in [-0.3, -0.25) is 9.36 Å². The third-order valence-electron chi connectivity index (χ3n) is 4.47. The molecule has 0 saturated carbocycles. The molecule has 2 aromatic carbocycles. The number of carbonyl (C=O) groups is 1. The van der Waals surface area contributed by atoms with Crippen LogP contribution < -0.4 is 10.9 Å². The molecule has 1 aromatic heterocycles. The predicted molar refractivity (Wildman–Crippen MR) is 110 cm³/mol. The van der Waals surface area contributed by atoms with Crippen LogP contribution in [0.2, 0.25) is 0 Å². The number of ether oxygens (including phenoxy) is 1. The number of nitrogens with one attached hydrogen (secondary N) is 1. The van der Waals surface area contributed by atoms with E-state index >= 15 is 0 Å². The number of rotatable bonds is 4. The van der Waals surface area contributed by atoms with E-state index in [0.717, 1.165) is 28.8 Å². The van der Waals surface area contributed by atoms with E-state index in [0.29, 0.717) is 6.07 Å². The van der Waals surface area contributed by atoms with Crippen LogP contribution in [0.4, 0.5) is 22.4 Å². The van der Waals surface area contributed by atoms with Crippen molar-refractivity contribution in [3.8, 4) is 5.69 Å².